The number of amides is 2. The van der Waals surface area contributed by atoms with E-state index in [9.17, 15) is 9.59 Å². The summed E-state index contributed by atoms with van der Waals surface area (Å²) >= 11 is 0. The molecule has 1 fully saturated rings. The Morgan fingerprint density at radius 2 is 1.58 bits per heavy atom. The van der Waals surface area contributed by atoms with Crippen molar-refractivity contribution in [2.45, 2.75) is 25.7 Å². The predicted molar refractivity (Wildman–Crippen MR) is 104 cm³/mol. The van der Waals surface area contributed by atoms with Crippen LogP contribution in [0.4, 0.5) is 11.4 Å². The summed E-state index contributed by atoms with van der Waals surface area (Å²) in [5, 5.41) is 5.49. The van der Waals surface area contributed by atoms with Crippen molar-refractivity contribution in [3.63, 3.8) is 0 Å². The van der Waals surface area contributed by atoms with Crippen LogP contribution in [-0.2, 0) is 16.0 Å². The average molecular weight is 351 g/mol. The minimum Gasteiger partial charge on any atom is -0.372 e. The van der Waals surface area contributed by atoms with Gasteiger partial charge >= 0.3 is 0 Å². The number of aryl methyl sites for hydroxylation is 1. The predicted octanol–water partition coefficient (Wildman–Crippen LogP) is 2.97. The van der Waals surface area contributed by atoms with E-state index in [1.807, 2.05) is 54.6 Å². The van der Waals surface area contributed by atoms with Gasteiger partial charge in [-0.1, -0.05) is 30.3 Å². The fraction of sp³-hybridized carbons (Fsp3) is 0.333. The summed E-state index contributed by atoms with van der Waals surface area (Å²) in [7, 11) is 0. The van der Waals surface area contributed by atoms with Gasteiger partial charge in [0.05, 0.1) is 6.54 Å². The molecule has 1 aliphatic heterocycles. The van der Waals surface area contributed by atoms with E-state index in [4.69, 9.17) is 0 Å². The Morgan fingerprint density at radius 1 is 0.885 bits per heavy atom. The van der Waals surface area contributed by atoms with Gasteiger partial charge in [0.15, 0.2) is 0 Å². The van der Waals surface area contributed by atoms with Crippen LogP contribution in [0.25, 0.3) is 0 Å². The van der Waals surface area contributed by atoms with E-state index in [2.05, 4.69) is 15.5 Å². The molecule has 2 amide bonds. The minimum atomic E-state index is -0.216. The number of rotatable bonds is 7. The lowest BCUT2D eigenvalue weighted by molar-refractivity contribution is -0.124. The van der Waals surface area contributed by atoms with Crippen molar-refractivity contribution in [2.24, 2.45) is 0 Å². The van der Waals surface area contributed by atoms with Crippen LogP contribution >= 0.6 is 0 Å². The van der Waals surface area contributed by atoms with Crippen molar-refractivity contribution in [1.29, 1.82) is 0 Å². The molecule has 5 nitrogen and oxygen atoms in total. The molecule has 26 heavy (non-hydrogen) atoms. The quantitative estimate of drug-likeness (QED) is 0.806. The van der Waals surface area contributed by atoms with Gasteiger partial charge in [-0.2, -0.15) is 0 Å². The molecular weight excluding hydrogens is 326 g/mol. The Kier molecular flexibility index (Phi) is 6.25. The highest BCUT2D eigenvalue weighted by atomic mass is 16.2. The van der Waals surface area contributed by atoms with Gasteiger partial charge in [0.1, 0.15) is 0 Å². The molecule has 3 rings (SSSR count). The SMILES string of the molecule is O=C(CCc1ccccc1)NCC(=O)Nc1ccc(N2CCCC2)cc1. The molecule has 0 saturated carbocycles. The summed E-state index contributed by atoms with van der Waals surface area (Å²) in [4.78, 5) is 26.2. The molecule has 2 aromatic carbocycles. The van der Waals surface area contributed by atoms with Crippen molar-refractivity contribution >= 4 is 23.2 Å². The number of nitrogens with one attached hydrogen (secondary N) is 2. The molecule has 2 N–H and O–H groups in total. The van der Waals surface area contributed by atoms with E-state index in [0.29, 0.717) is 12.8 Å². The van der Waals surface area contributed by atoms with Crippen molar-refractivity contribution in [3.05, 3.63) is 60.2 Å². The molecule has 0 spiro atoms. The van der Waals surface area contributed by atoms with E-state index >= 15 is 0 Å². The zero-order chi connectivity index (χ0) is 18.2. The summed E-state index contributed by atoms with van der Waals surface area (Å²) in [5.74, 6) is -0.333. The summed E-state index contributed by atoms with van der Waals surface area (Å²) < 4.78 is 0. The first-order valence-corrected chi connectivity index (χ1v) is 9.16. The second-order valence-corrected chi connectivity index (χ2v) is 6.55. The first-order valence-electron chi connectivity index (χ1n) is 9.16. The average Bonchev–Trinajstić information content (AvgIpc) is 3.21. The second kappa shape index (κ2) is 9.04. The van der Waals surface area contributed by atoms with Crippen LogP contribution in [0, 0.1) is 0 Å². The number of nitrogens with zero attached hydrogens (tertiary/aromatic N) is 1. The fourth-order valence-electron chi connectivity index (χ4n) is 3.11. The van der Waals surface area contributed by atoms with Crippen LogP contribution in [0.3, 0.4) is 0 Å². The summed E-state index contributed by atoms with van der Waals surface area (Å²) in [6.07, 6.45) is 3.53. The summed E-state index contributed by atoms with van der Waals surface area (Å²) in [6.45, 7) is 2.18. The van der Waals surface area contributed by atoms with Crippen LogP contribution in [0.1, 0.15) is 24.8 Å². The molecule has 1 heterocycles. The Hall–Kier alpha value is -2.82. The van der Waals surface area contributed by atoms with Crippen LogP contribution in [0.15, 0.2) is 54.6 Å². The molecule has 0 atom stereocenters. The topological polar surface area (TPSA) is 61.4 Å². The maximum atomic E-state index is 12.0. The molecule has 0 unspecified atom stereocenters. The van der Waals surface area contributed by atoms with Crippen molar-refractivity contribution in [3.8, 4) is 0 Å². The number of anilines is 2. The highest BCUT2D eigenvalue weighted by Crippen LogP contribution is 2.21. The monoisotopic (exact) mass is 351 g/mol. The van der Waals surface area contributed by atoms with Crippen molar-refractivity contribution in [1.82, 2.24) is 5.32 Å². The van der Waals surface area contributed by atoms with Crippen LogP contribution in [-0.4, -0.2) is 31.4 Å². The number of hydrogen-bond acceptors (Lipinski definition) is 3. The van der Waals surface area contributed by atoms with Gasteiger partial charge in [-0.3, -0.25) is 9.59 Å². The van der Waals surface area contributed by atoms with E-state index in [1.165, 1.54) is 18.5 Å². The summed E-state index contributed by atoms with van der Waals surface area (Å²) in [6, 6.07) is 17.7. The largest absolute Gasteiger partial charge is 0.372 e. The highest BCUT2D eigenvalue weighted by molar-refractivity contribution is 5.94. The maximum absolute atomic E-state index is 12.0. The van der Waals surface area contributed by atoms with Gasteiger partial charge in [0.25, 0.3) is 0 Å². The third-order valence-electron chi connectivity index (χ3n) is 4.55. The zero-order valence-corrected chi connectivity index (χ0v) is 14.9. The fourth-order valence-corrected chi connectivity index (χ4v) is 3.11. The standard InChI is InChI=1S/C21H25N3O2/c25-20(13-8-17-6-2-1-3-7-17)22-16-21(26)23-18-9-11-19(12-10-18)24-14-4-5-15-24/h1-3,6-7,9-12H,4-5,8,13-16H2,(H,22,25)(H,23,26). The van der Waals surface area contributed by atoms with E-state index in [-0.39, 0.29) is 18.4 Å². The Morgan fingerprint density at radius 3 is 2.27 bits per heavy atom. The summed E-state index contributed by atoms with van der Waals surface area (Å²) in [5.41, 5.74) is 3.05. The smallest absolute Gasteiger partial charge is 0.243 e. The molecule has 0 aliphatic carbocycles. The van der Waals surface area contributed by atoms with Gasteiger partial charge in [0, 0.05) is 30.9 Å². The lowest BCUT2D eigenvalue weighted by Gasteiger charge is -2.17. The van der Waals surface area contributed by atoms with E-state index in [1.54, 1.807) is 0 Å². The van der Waals surface area contributed by atoms with Crippen molar-refractivity contribution in [2.75, 3.05) is 29.9 Å². The lowest BCUT2D eigenvalue weighted by atomic mass is 10.1. The third-order valence-corrected chi connectivity index (χ3v) is 4.55. The molecule has 5 heteroatoms. The molecular formula is C21H25N3O2. The zero-order valence-electron chi connectivity index (χ0n) is 14.9. The number of benzene rings is 2. The van der Waals surface area contributed by atoms with Crippen LogP contribution in [0.2, 0.25) is 0 Å². The van der Waals surface area contributed by atoms with Gasteiger partial charge < -0.3 is 15.5 Å². The number of carbonyl (C=O) groups excluding carboxylic acids is 2. The van der Waals surface area contributed by atoms with Gasteiger partial charge in [-0.05, 0) is 49.1 Å². The van der Waals surface area contributed by atoms with Crippen molar-refractivity contribution < 1.29 is 9.59 Å². The first-order chi connectivity index (χ1) is 12.7. The Labute approximate surface area is 154 Å². The Bertz CT molecular complexity index is 723. The van der Waals surface area contributed by atoms with Gasteiger partial charge in [-0.15, -0.1) is 0 Å². The molecule has 0 bridgehead atoms. The van der Waals surface area contributed by atoms with Crippen LogP contribution in [0.5, 0.6) is 0 Å². The molecule has 1 saturated heterocycles. The first kappa shape index (κ1) is 18.0. The lowest BCUT2D eigenvalue weighted by Crippen LogP contribution is -2.32. The van der Waals surface area contributed by atoms with Gasteiger partial charge in [0.2, 0.25) is 11.8 Å². The van der Waals surface area contributed by atoms with E-state index in [0.717, 1.165) is 24.3 Å². The number of carbonyl (C=O) groups is 2. The molecule has 1 aliphatic rings. The Balaban J connectivity index is 1.38. The van der Waals surface area contributed by atoms with Crippen LogP contribution < -0.4 is 15.5 Å². The molecule has 0 radical (unpaired) electrons. The van der Waals surface area contributed by atoms with E-state index < -0.39 is 0 Å². The molecule has 2 aromatic rings. The third kappa shape index (κ3) is 5.34. The second-order valence-electron chi connectivity index (χ2n) is 6.55. The minimum absolute atomic E-state index is 0.0124. The molecule has 136 valence electrons. The number of hydrogen-bond donors (Lipinski definition) is 2. The normalized spacial score (nSPS) is 13.5. The maximum Gasteiger partial charge on any atom is 0.243 e. The van der Waals surface area contributed by atoms with Gasteiger partial charge in [-0.25, -0.2) is 0 Å². The molecule has 0 aromatic heterocycles. The highest BCUT2D eigenvalue weighted by Gasteiger charge is 2.12.